The first-order valence-electron chi connectivity index (χ1n) is 6.13. The van der Waals surface area contributed by atoms with E-state index < -0.39 is 0 Å². The van der Waals surface area contributed by atoms with Crippen molar-refractivity contribution in [2.24, 2.45) is 0 Å². The van der Waals surface area contributed by atoms with E-state index in [1.807, 2.05) is 12.5 Å². The van der Waals surface area contributed by atoms with E-state index >= 15 is 0 Å². The lowest BCUT2D eigenvalue weighted by Crippen LogP contribution is -2.39. The second-order valence-electron chi connectivity index (χ2n) is 4.64. The van der Waals surface area contributed by atoms with Crippen molar-refractivity contribution in [2.45, 2.75) is 24.9 Å². The van der Waals surface area contributed by atoms with Gasteiger partial charge in [0.15, 0.2) is 0 Å². The molecule has 0 aromatic carbocycles. The van der Waals surface area contributed by atoms with Gasteiger partial charge in [-0.2, -0.15) is 5.26 Å². The van der Waals surface area contributed by atoms with Crippen LogP contribution in [0.4, 0.5) is 0 Å². The van der Waals surface area contributed by atoms with Crippen LogP contribution in [0.3, 0.4) is 0 Å². The Morgan fingerprint density at radius 2 is 2.18 bits per heavy atom. The lowest BCUT2D eigenvalue weighted by molar-refractivity contribution is 0.0254. The average Bonchev–Trinajstić information content (AvgIpc) is 3.12. The van der Waals surface area contributed by atoms with Crippen LogP contribution in [0.2, 0.25) is 0 Å². The quantitative estimate of drug-likeness (QED) is 0.783. The van der Waals surface area contributed by atoms with Gasteiger partial charge in [0.2, 0.25) is 0 Å². The van der Waals surface area contributed by atoms with Gasteiger partial charge in [0.1, 0.15) is 6.04 Å². The molecular weight excluding hydrogens is 216 g/mol. The number of nitrogens with zero attached hydrogens (tertiary/aromatic N) is 4. The van der Waals surface area contributed by atoms with E-state index in [0.29, 0.717) is 6.04 Å². The van der Waals surface area contributed by atoms with Gasteiger partial charge in [0.05, 0.1) is 37.5 Å². The highest BCUT2D eigenvalue weighted by molar-refractivity contribution is 5.16. The lowest BCUT2D eigenvalue weighted by atomic mass is 10.2. The molecule has 3 rings (SSSR count). The summed E-state index contributed by atoms with van der Waals surface area (Å²) in [6, 6.07) is 2.80. The number of aromatic nitrogens is 2. The van der Waals surface area contributed by atoms with Gasteiger partial charge in [-0.15, -0.1) is 0 Å². The van der Waals surface area contributed by atoms with Crippen LogP contribution in [0, 0.1) is 11.3 Å². The Labute approximate surface area is 101 Å². The summed E-state index contributed by atoms with van der Waals surface area (Å²) in [6.07, 6.45) is 6.12. The highest BCUT2D eigenvalue weighted by Crippen LogP contribution is 2.37. The van der Waals surface area contributed by atoms with Crippen LogP contribution < -0.4 is 0 Å². The lowest BCUT2D eigenvalue weighted by Gasteiger charge is -2.30. The normalized spacial score (nSPS) is 23.2. The van der Waals surface area contributed by atoms with E-state index in [9.17, 15) is 5.26 Å². The van der Waals surface area contributed by atoms with Crippen LogP contribution in [0.5, 0.6) is 0 Å². The Morgan fingerprint density at radius 3 is 2.82 bits per heavy atom. The van der Waals surface area contributed by atoms with Crippen molar-refractivity contribution in [3.05, 3.63) is 18.2 Å². The van der Waals surface area contributed by atoms with Crippen molar-refractivity contribution in [3.63, 3.8) is 0 Å². The first-order chi connectivity index (χ1) is 8.40. The van der Waals surface area contributed by atoms with Gasteiger partial charge in [-0.1, -0.05) is 0 Å². The second kappa shape index (κ2) is 4.47. The third-order valence-electron chi connectivity index (χ3n) is 3.45. The molecule has 1 aromatic rings. The van der Waals surface area contributed by atoms with Crippen molar-refractivity contribution >= 4 is 0 Å². The van der Waals surface area contributed by atoms with Crippen molar-refractivity contribution < 1.29 is 4.74 Å². The molecule has 2 aliphatic rings. The summed E-state index contributed by atoms with van der Waals surface area (Å²) in [7, 11) is 0. The SMILES string of the molecule is N#CC(c1cncn1C1CC1)N1CCOCC1. The molecule has 0 bridgehead atoms. The number of hydrogen-bond donors (Lipinski definition) is 0. The summed E-state index contributed by atoms with van der Waals surface area (Å²) in [6.45, 7) is 3.09. The first kappa shape index (κ1) is 10.8. The molecule has 2 fully saturated rings. The van der Waals surface area contributed by atoms with Gasteiger partial charge in [0, 0.05) is 19.1 Å². The van der Waals surface area contributed by atoms with Crippen molar-refractivity contribution in [2.75, 3.05) is 26.3 Å². The van der Waals surface area contributed by atoms with E-state index in [0.717, 1.165) is 32.0 Å². The van der Waals surface area contributed by atoms with E-state index in [-0.39, 0.29) is 6.04 Å². The zero-order chi connectivity index (χ0) is 11.7. The maximum absolute atomic E-state index is 9.40. The fraction of sp³-hybridized carbons (Fsp3) is 0.667. The Morgan fingerprint density at radius 1 is 1.41 bits per heavy atom. The predicted octanol–water partition coefficient (Wildman–Crippen LogP) is 1.11. The molecule has 0 spiro atoms. The molecule has 5 heteroatoms. The van der Waals surface area contributed by atoms with Gasteiger partial charge >= 0.3 is 0 Å². The van der Waals surface area contributed by atoms with Gasteiger partial charge in [-0.05, 0) is 12.8 Å². The molecule has 1 saturated heterocycles. The van der Waals surface area contributed by atoms with Crippen LogP contribution in [-0.2, 0) is 4.74 Å². The molecule has 0 radical (unpaired) electrons. The zero-order valence-corrected chi connectivity index (χ0v) is 9.75. The number of ether oxygens (including phenoxy) is 1. The maximum atomic E-state index is 9.40. The number of nitriles is 1. The topological polar surface area (TPSA) is 54.1 Å². The molecule has 1 unspecified atom stereocenters. The van der Waals surface area contributed by atoms with E-state index in [1.165, 1.54) is 12.8 Å². The summed E-state index contributed by atoms with van der Waals surface area (Å²) in [4.78, 5) is 6.38. The minimum atomic E-state index is -0.179. The molecule has 0 N–H and O–H groups in total. The number of imidazole rings is 1. The summed E-state index contributed by atoms with van der Waals surface area (Å²) >= 11 is 0. The number of hydrogen-bond acceptors (Lipinski definition) is 4. The minimum Gasteiger partial charge on any atom is -0.379 e. The first-order valence-corrected chi connectivity index (χ1v) is 6.13. The third kappa shape index (κ3) is 2.06. The summed E-state index contributed by atoms with van der Waals surface area (Å²) < 4.78 is 7.50. The summed E-state index contributed by atoms with van der Waals surface area (Å²) in [5.74, 6) is 0. The summed E-state index contributed by atoms with van der Waals surface area (Å²) in [5, 5.41) is 9.40. The van der Waals surface area contributed by atoms with Gasteiger partial charge in [-0.3, -0.25) is 4.90 Å². The highest BCUT2D eigenvalue weighted by atomic mass is 16.5. The second-order valence-corrected chi connectivity index (χ2v) is 4.64. The molecular formula is C12H16N4O. The number of morpholine rings is 1. The largest absolute Gasteiger partial charge is 0.379 e. The standard InChI is InChI=1S/C12H16N4O/c13-7-11(15-3-5-17-6-4-15)12-8-14-9-16(12)10-1-2-10/h8-11H,1-6H2. The molecule has 5 nitrogen and oxygen atoms in total. The Kier molecular flexibility index (Phi) is 2.83. The molecule has 1 aliphatic carbocycles. The van der Waals surface area contributed by atoms with E-state index in [4.69, 9.17) is 4.74 Å². The summed E-state index contributed by atoms with van der Waals surface area (Å²) in [5.41, 5.74) is 1.04. The zero-order valence-electron chi connectivity index (χ0n) is 9.75. The van der Waals surface area contributed by atoms with Crippen LogP contribution >= 0.6 is 0 Å². The molecule has 2 heterocycles. The molecule has 1 aromatic heterocycles. The van der Waals surface area contributed by atoms with Crippen LogP contribution in [0.15, 0.2) is 12.5 Å². The Bertz CT molecular complexity index is 426. The molecule has 90 valence electrons. The Balaban J connectivity index is 1.83. The van der Waals surface area contributed by atoms with Crippen molar-refractivity contribution in [3.8, 4) is 6.07 Å². The minimum absolute atomic E-state index is 0.179. The molecule has 17 heavy (non-hydrogen) atoms. The van der Waals surface area contributed by atoms with Crippen LogP contribution in [-0.4, -0.2) is 40.8 Å². The fourth-order valence-corrected chi connectivity index (χ4v) is 2.35. The highest BCUT2D eigenvalue weighted by Gasteiger charge is 2.31. The monoisotopic (exact) mass is 232 g/mol. The smallest absolute Gasteiger partial charge is 0.140 e. The maximum Gasteiger partial charge on any atom is 0.140 e. The predicted molar refractivity (Wildman–Crippen MR) is 61.2 cm³/mol. The van der Waals surface area contributed by atoms with Crippen molar-refractivity contribution in [1.82, 2.24) is 14.5 Å². The number of rotatable bonds is 3. The average molecular weight is 232 g/mol. The van der Waals surface area contributed by atoms with Gasteiger partial charge in [-0.25, -0.2) is 4.98 Å². The van der Waals surface area contributed by atoms with Crippen LogP contribution in [0.25, 0.3) is 0 Å². The molecule has 1 saturated carbocycles. The van der Waals surface area contributed by atoms with E-state index in [1.54, 1.807) is 0 Å². The van der Waals surface area contributed by atoms with Crippen LogP contribution in [0.1, 0.15) is 30.6 Å². The fourth-order valence-electron chi connectivity index (χ4n) is 2.35. The van der Waals surface area contributed by atoms with Gasteiger partial charge in [0.25, 0.3) is 0 Å². The van der Waals surface area contributed by atoms with Gasteiger partial charge < -0.3 is 9.30 Å². The molecule has 0 amide bonds. The Hall–Kier alpha value is -1.38. The van der Waals surface area contributed by atoms with E-state index in [2.05, 4.69) is 20.5 Å². The molecule has 1 atom stereocenters. The molecule has 1 aliphatic heterocycles. The third-order valence-corrected chi connectivity index (χ3v) is 3.45. The van der Waals surface area contributed by atoms with Crippen molar-refractivity contribution in [1.29, 1.82) is 5.26 Å².